The molecule has 0 aliphatic heterocycles. The minimum Gasteiger partial charge on any atom is -0.347 e. The molecule has 0 aliphatic carbocycles. The van der Waals surface area contributed by atoms with Gasteiger partial charge in [0.15, 0.2) is 0 Å². The van der Waals surface area contributed by atoms with Crippen LogP contribution < -0.4 is 5.32 Å². The summed E-state index contributed by atoms with van der Waals surface area (Å²) in [6, 6.07) is 6.04. The first-order chi connectivity index (χ1) is 7.91. The van der Waals surface area contributed by atoms with Gasteiger partial charge in [0.1, 0.15) is 5.82 Å². The van der Waals surface area contributed by atoms with Crippen LogP contribution in [0.3, 0.4) is 0 Å². The molecule has 17 heavy (non-hydrogen) atoms. The van der Waals surface area contributed by atoms with Crippen molar-refractivity contribution in [2.45, 2.75) is 25.9 Å². The highest BCUT2D eigenvalue weighted by molar-refractivity contribution is 5.80. The van der Waals surface area contributed by atoms with Crippen LogP contribution >= 0.6 is 0 Å². The number of hydrogen-bond donors (Lipinski definition) is 1. The van der Waals surface area contributed by atoms with Gasteiger partial charge < -0.3 is 4.90 Å². The number of benzene rings is 1. The third-order valence-electron chi connectivity index (χ3n) is 2.66. The second-order valence-electron chi connectivity index (χ2n) is 4.40. The summed E-state index contributed by atoms with van der Waals surface area (Å²) in [5.41, 5.74) is 0.836. The molecule has 94 valence electrons. The fourth-order valence-corrected chi connectivity index (χ4v) is 1.71. The molecule has 0 spiro atoms. The third kappa shape index (κ3) is 3.82. The van der Waals surface area contributed by atoms with Crippen LogP contribution in [-0.4, -0.2) is 30.9 Å². The molecule has 0 saturated heterocycles. The average Bonchev–Trinajstić information content (AvgIpc) is 2.27. The first kappa shape index (κ1) is 13.6. The number of amides is 1. The van der Waals surface area contributed by atoms with Crippen molar-refractivity contribution in [1.82, 2.24) is 10.2 Å². The van der Waals surface area contributed by atoms with Crippen molar-refractivity contribution in [1.29, 1.82) is 0 Å². The fraction of sp³-hybridized carbons (Fsp3) is 0.462. The van der Waals surface area contributed by atoms with Gasteiger partial charge in [0.05, 0.1) is 6.04 Å². The van der Waals surface area contributed by atoms with E-state index in [0.717, 1.165) is 5.56 Å². The molecule has 0 radical (unpaired) electrons. The van der Waals surface area contributed by atoms with Crippen LogP contribution in [0.1, 0.15) is 25.5 Å². The number of nitrogens with zero attached hydrogens (tertiary/aromatic N) is 1. The highest BCUT2D eigenvalue weighted by Crippen LogP contribution is 2.14. The molecule has 1 aromatic rings. The molecule has 0 heterocycles. The molecule has 0 fully saturated rings. The van der Waals surface area contributed by atoms with Crippen molar-refractivity contribution < 1.29 is 9.18 Å². The number of nitrogens with one attached hydrogen (secondary N) is 1. The van der Waals surface area contributed by atoms with Crippen molar-refractivity contribution in [3.05, 3.63) is 35.6 Å². The smallest absolute Gasteiger partial charge is 0.238 e. The molecule has 1 amide bonds. The lowest BCUT2D eigenvalue weighted by atomic mass is 10.1. The number of likely N-dealkylation sites (N-methyl/N-ethyl adjacent to an activating group) is 1. The van der Waals surface area contributed by atoms with Crippen LogP contribution in [0.2, 0.25) is 0 Å². The monoisotopic (exact) mass is 238 g/mol. The maximum absolute atomic E-state index is 13.0. The van der Waals surface area contributed by atoms with E-state index in [1.165, 1.54) is 17.0 Å². The Labute approximate surface area is 102 Å². The molecular formula is C13H19FN2O. The molecule has 1 rings (SSSR count). The summed E-state index contributed by atoms with van der Waals surface area (Å²) in [4.78, 5) is 13.2. The van der Waals surface area contributed by atoms with Crippen molar-refractivity contribution >= 4 is 5.91 Å². The van der Waals surface area contributed by atoms with Gasteiger partial charge in [0, 0.05) is 20.1 Å². The van der Waals surface area contributed by atoms with Gasteiger partial charge in [-0.25, -0.2) is 4.39 Å². The van der Waals surface area contributed by atoms with E-state index in [-0.39, 0.29) is 23.8 Å². The second kappa shape index (κ2) is 5.77. The zero-order chi connectivity index (χ0) is 13.0. The highest BCUT2D eigenvalue weighted by Gasteiger charge is 2.17. The van der Waals surface area contributed by atoms with E-state index in [1.54, 1.807) is 27.1 Å². The molecule has 4 heteroatoms. The van der Waals surface area contributed by atoms with Gasteiger partial charge in [-0.05, 0) is 31.5 Å². The summed E-state index contributed by atoms with van der Waals surface area (Å²) < 4.78 is 13.0. The normalized spacial score (nSPS) is 14.2. The molecule has 1 aromatic carbocycles. The van der Waals surface area contributed by atoms with Gasteiger partial charge in [-0.3, -0.25) is 10.1 Å². The van der Waals surface area contributed by atoms with Crippen LogP contribution in [0.5, 0.6) is 0 Å². The minimum absolute atomic E-state index is 0.00764. The Balaban J connectivity index is 2.66. The Morgan fingerprint density at radius 2 is 2.00 bits per heavy atom. The van der Waals surface area contributed by atoms with Gasteiger partial charge in [0.25, 0.3) is 0 Å². The lowest BCUT2D eigenvalue weighted by Crippen LogP contribution is -2.42. The van der Waals surface area contributed by atoms with E-state index in [0.29, 0.717) is 0 Å². The molecule has 0 saturated carbocycles. The van der Waals surface area contributed by atoms with E-state index < -0.39 is 0 Å². The third-order valence-corrected chi connectivity index (χ3v) is 2.66. The quantitative estimate of drug-likeness (QED) is 0.869. The summed E-state index contributed by atoms with van der Waals surface area (Å²) in [6.07, 6.45) is 0. The van der Waals surface area contributed by atoms with E-state index in [4.69, 9.17) is 0 Å². The number of hydrogen-bond acceptors (Lipinski definition) is 2. The summed E-state index contributed by atoms with van der Waals surface area (Å²) in [5, 5.41) is 3.15. The van der Waals surface area contributed by atoms with Gasteiger partial charge >= 0.3 is 0 Å². The molecule has 0 aromatic heterocycles. The van der Waals surface area contributed by atoms with E-state index in [9.17, 15) is 9.18 Å². The second-order valence-corrected chi connectivity index (χ2v) is 4.40. The zero-order valence-electron chi connectivity index (χ0n) is 10.7. The number of carbonyl (C=O) groups is 1. The first-order valence-electron chi connectivity index (χ1n) is 5.64. The van der Waals surface area contributed by atoms with Crippen LogP contribution in [0, 0.1) is 5.82 Å². The van der Waals surface area contributed by atoms with Gasteiger partial charge in [-0.1, -0.05) is 12.1 Å². The molecule has 2 atom stereocenters. The standard InChI is InChI=1S/C13H19FN2O/c1-9(11-6-5-7-12(14)8-11)15-10(2)13(17)16(3)4/h5-10,15H,1-4H3. The van der Waals surface area contributed by atoms with Crippen molar-refractivity contribution in [2.24, 2.45) is 0 Å². The van der Waals surface area contributed by atoms with Crippen LogP contribution in [0.25, 0.3) is 0 Å². The number of halogens is 1. The van der Waals surface area contributed by atoms with Crippen LogP contribution in [-0.2, 0) is 4.79 Å². The number of rotatable bonds is 4. The Kier molecular flexibility index (Phi) is 4.63. The highest BCUT2D eigenvalue weighted by atomic mass is 19.1. The van der Waals surface area contributed by atoms with Crippen molar-refractivity contribution in [3.8, 4) is 0 Å². The SMILES string of the molecule is CC(NC(C)c1cccc(F)c1)C(=O)N(C)C. The Hall–Kier alpha value is -1.42. The lowest BCUT2D eigenvalue weighted by Gasteiger charge is -2.22. The van der Waals surface area contributed by atoms with Gasteiger partial charge in [0.2, 0.25) is 5.91 Å². The molecule has 0 aliphatic rings. The van der Waals surface area contributed by atoms with E-state index in [2.05, 4.69) is 5.32 Å². The minimum atomic E-state index is -0.289. The average molecular weight is 238 g/mol. The predicted octanol–water partition coefficient (Wildman–Crippen LogP) is 1.95. The summed E-state index contributed by atoms with van der Waals surface area (Å²) in [5.74, 6) is -0.254. The van der Waals surface area contributed by atoms with Gasteiger partial charge in [-0.15, -0.1) is 0 Å². The lowest BCUT2D eigenvalue weighted by molar-refractivity contribution is -0.130. The first-order valence-corrected chi connectivity index (χ1v) is 5.64. The molecule has 1 N–H and O–H groups in total. The maximum atomic E-state index is 13.0. The van der Waals surface area contributed by atoms with E-state index in [1.807, 2.05) is 13.0 Å². The predicted molar refractivity (Wildman–Crippen MR) is 66.1 cm³/mol. The van der Waals surface area contributed by atoms with Crippen molar-refractivity contribution in [2.75, 3.05) is 14.1 Å². The van der Waals surface area contributed by atoms with Crippen molar-refractivity contribution in [3.63, 3.8) is 0 Å². The van der Waals surface area contributed by atoms with Crippen LogP contribution in [0.15, 0.2) is 24.3 Å². The molecule has 0 bridgehead atoms. The summed E-state index contributed by atoms with van der Waals surface area (Å²) in [6.45, 7) is 3.71. The zero-order valence-corrected chi connectivity index (χ0v) is 10.7. The Morgan fingerprint density at radius 1 is 1.35 bits per heavy atom. The fourth-order valence-electron chi connectivity index (χ4n) is 1.71. The molecule has 3 nitrogen and oxygen atoms in total. The van der Waals surface area contributed by atoms with Gasteiger partial charge in [-0.2, -0.15) is 0 Å². The number of carbonyl (C=O) groups excluding carboxylic acids is 1. The topological polar surface area (TPSA) is 32.3 Å². The molecule has 2 unspecified atom stereocenters. The Bertz CT molecular complexity index is 393. The summed E-state index contributed by atoms with van der Waals surface area (Å²) in [7, 11) is 3.43. The Morgan fingerprint density at radius 3 is 2.53 bits per heavy atom. The largest absolute Gasteiger partial charge is 0.347 e. The van der Waals surface area contributed by atoms with Crippen LogP contribution in [0.4, 0.5) is 4.39 Å². The van der Waals surface area contributed by atoms with E-state index >= 15 is 0 Å². The summed E-state index contributed by atoms with van der Waals surface area (Å²) >= 11 is 0. The molecular weight excluding hydrogens is 219 g/mol. The maximum Gasteiger partial charge on any atom is 0.238 e.